The molecule has 8 nitrogen and oxygen atoms in total. The van der Waals surface area contributed by atoms with Crippen LogP contribution in [-0.4, -0.2) is 78.3 Å². The van der Waals surface area contributed by atoms with Crippen molar-refractivity contribution >= 4 is 11.8 Å². The molecule has 2 aliphatic heterocycles. The van der Waals surface area contributed by atoms with Crippen LogP contribution < -0.4 is 10.5 Å². The lowest BCUT2D eigenvalue weighted by molar-refractivity contribution is -0.00717. The lowest BCUT2D eigenvalue weighted by Gasteiger charge is -2.34. The van der Waals surface area contributed by atoms with Crippen molar-refractivity contribution in [3.63, 3.8) is 0 Å². The predicted octanol–water partition coefficient (Wildman–Crippen LogP) is 2.61. The minimum Gasteiger partial charge on any atom is -0.493 e. The lowest BCUT2D eigenvalue weighted by Crippen LogP contribution is -2.49. The number of aliphatic hydroxyl groups is 1. The summed E-state index contributed by atoms with van der Waals surface area (Å²) in [6, 6.07) is 13.2. The molecule has 3 atom stereocenters. The van der Waals surface area contributed by atoms with Crippen LogP contribution in [0.15, 0.2) is 42.5 Å². The normalized spacial score (nSPS) is 19.7. The van der Waals surface area contributed by atoms with E-state index in [1.54, 1.807) is 25.2 Å². The summed E-state index contributed by atoms with van der Waals surface area (Å²) < 4.78 is 11.4. The van der Waals surface area contributed by atoms with Gasteiger partial charge in [0.05, 0.1) is 43.6 Å². The van der Waals surface area contributed by atoms with Gasteiger partial charge >= 0.3 is 0 Å². The van der Waals surface area contributed by atoms with Crippen LogP contribution in [0.5, 0.6) is 5.75 Å². The molecule has 0 radical (unpaired) electrons. The molecule has 8 heteroatoms. The number of aliphatic hydroxyl groups excluding tert-OH is 1. The minimum atomic E-state index is -0.682. The first-order valence-electron chi connectivity index (χ1n) is 12.8. The molecule has 2 bridgehead atoms. The maximum absolute atomic E-state index is 13.3. The second-order valence-electron chi connectivity index (χ2n) is 9.63. The van der Waals surface area contributed by atoms with E-state index in [1.165, 1.54) is 4.90 Å². The summed E-state index contributed by atoms with van der Waals surface area (Å²) in [7, 11) is 1.67. The Kier molecular flexibility index (Phi) is 8.61. The van der Waals surface area contributed by atoms with Gasteiger partial charge in [0.25, 0.3) is 11.8 Å². The number of morpholine rings is 1. The van der Waals surface area contributed by atoms with E-state index in [-0.39, 0.29) is 30.4 Å². The molecule has 2 heterocycles. The van der Waals surface area contributed by atoms with E-state index >= 15 is 0 Å². The maximum Gasteiger partial charge on any atom is 0.257 e. The molecule has 3 unspecified atom stereocenters. The van der Waals surface area contributed by atoms with Gasteiger partial charge in [-0.3, -0.25) is 9.59 Å². The van der Waals surface area contributed by atoms with Gasteiger partial charge in [0.2, 0.25) is 0 Å². The Bertz CT molecular complexity index is 1060. The number of hydrogen-bond acceptors (Lipinski definition) is 6. The largest absolute Gasteiger partial charge is 0.493 e. The fraction of sp³-hybridized carbons (Fsp3) is 0.500. The first-order valence-corrected chi connectivity index (χ1v) is 12.8. The topological polar surface area (TPSA) is 105 Å². The number of ether oxygens (including phenoxy) is 2. The first-order chi connectivity index (χ1) is 17.4. The Balaban J connectivity index is 1.42. The average Bonchev–Trinajstić information content (AvgIpc) is 3.14. The number of nitrogens with two attached hydrogens (primary N) is 1. The van der Waals surface area contributed by atoms with E-state index < -0.39 is 6.10 Å². The average molecular weight is 496 g/mol. The van der Waals surface area contributed by atoms with Gasteiger partial charge < -0.3 is 30.1 Å². The number of aryl methyl sites for hydroxylation is 1. The molecular formula is C28H37N3O5. The van der Waals surface area contributed by atoms with E-state index in [4.69, 9.17) is 15.2 Å². The molecule has 3 N–H and O–H groups in total. The van der Waals surface area contributed by atoms with Gasteiger partial charge in [-0.2, -0.15) is 0 Å². The third-order valence-electron chi connectivity index (χ3n) is 7.15. The molecule has 0 saturated carbocycles. The third-order valence-corrected chi connectivity index (χ3v) is 7.15. The van der Waals surface area contributed by atoms with E-state index in [0.717, 1.165) is 24.0 Å². The van der Waals surface area contributed by atoms with Crippen LogP contribution in [-0.2, 0) is 17.7 Å². The summed E-state index contributed by atoms with van der Waals surface area (Å²) in [5.74, 6) is 0.0738. The van der Waals surface area contributed by atoms with Crippen molar-refractivity contribution in [2.45, 2.75) is 57.3 Å². The van der Waals surface area contributed by atoms with Crippen molar-refractivity contribution in [2.24, 2.45) is 5.73 Å². The Morgan fingerprint density at radius 1 is 1.17 bits per heavy atom. The van der Waals surface area contributed by atoms with Gasteiger partial charge in [0, 0.05) is 25.7 Å². The fourth-order valence-corrected chi connectivity index (χ4v) is 5.23. The number of fused-ring (bicyclic) bond motifs is 2. The molecule has 4 rings (SSSR count). The highest BCUT2D eigenvalue weighted by atomic mass is 16.5. The van der Waals surface area contributed by atoms with Gasteiger partial charge in [-0.1, -0.05) is 24.3 Å². The highest BCUT2D eigenvalue weighted by molar-refractivity contribution is 6.00. The lowest BCUT2D eigenvalue weighted by atomic mass is 10.0. The van der Waals surface area contributed by atoms with Gasteiger partial charge in [-0.15, -0.1) is 0 Å². The number of nitrogens with zero attached hydrogens (tertiary/aromatic N) is 2. The molecule has 2 fully saturated rings. The van der Waals surface area contributed by atoms with E-state index in [2.05, 4.69) is 0 Å². The molecular weight excluding hydrogens is 458 g/mol. The molecule has 2 aliphatic rings. The SMILES string of the molecule is CCOc1cc(C(=O)N2C3CCC2COC3)ccc1C(=O)N(C)CC(O)CCc1ccccc1CN. The molecule has 2 amide bonds. The quantitative estimate of drug-likeness (QED) is 0.525. The van der Waals surface area contributed by atoms with Crippen LogP contribution in [0.1, 0.15) is 58.0 Å². The fourth-order valence-electron chi connectivity index (χ4n) is 5.23. The van der Waals surface area contributed by atoms with Crippen molar-refractivity contribution in [1.29, 1.82) is 0 Å². The molecule has 0 aliphatic carbocycles. The Hall–Kier alpha value is -2.94. The summed E-state index contributed by atoms with van der Waals surface area (Å²) in [6.45, 7) is 4.00. The van der Waals surface area contributed by atoms with Crippen molar-refractivity contribution in [3.8, 4) is 5.75 Å². The Labute approximate surface area is 213 Å². The standard InChI is InChI=1S/C28H37N3O5/c1-3-36-26-14-20(27(33)31-22-10-11-23(31)18-35-17-22)9-13-25(26)28(34)30(2)16-24(32)12-8-19-6-4-5-7-21(19)15-29/h4-7,9,13-14,22-24,32H,3,8,10-12,15-18,29H2,1-2H3. The second-order valence-corrected chi connectivity index (χ2v) is 9.63. The second kappa shape index (κ2) is 11.9. The van der Waals surface area contributed by atoms with E-state index in [0.29, 0.717) is 56.1 Å². The molecule has 2 saturated heterocycles. The predicted molar refractivity (Wildman–Crippen MR) is 137 cm³/mol. The zero-order chi connectivity index (χ0) is 25.7. The van der Waals surface area contributed by atoms with Crippen LogP contribution in [0.4, 0.5) is 0 Å². The van der Waals surface area contributed by atoms with Crippen LogP contribution >= 0.6 is 0 Å². The van der Waals surface area contributed by atoms with Gasteiger partial charge in [0.1, 0.15) is 5.75 Å². The number of rotatable bonds is 10. The molecule has 2 aromatic rings. The summed E-state index contributed by atoms with van der Waals surface area (Å²) in [6.07, 6.45) is 2.42. The van der Waals surface area contributed by atoms with Crippen molar-refractivity contribution < 1.29 is 24.2 Å². The minimum absolute atomic E-state index is 0.0488. The number of benzene rings is 2. The number of likely N-dealkylation sites (N-methyl/N-ethyl adjacent to an activating group) is 1. The zero-order valence-corrected chi connectivity index (χ0v) is 21.2. The number of carbonyl (C=O) groups is 2. The molecule has 2 aromatic carbocycles. The number of hydrogen-bond donors (Lipinski definition) is 2. The van der Waals surface area contributed by atoms with E-state index in [9.17, 15) is 14.7 Å². The smallest absolute Gasteiger partial charge is 0.257 e. The van der Waals surface area contributed by atoms with Crippen LogP contribution in [0.25, 0.3) is 0 Å². The molecule has 0 aromatic heterocycles. The number of amides is 2. The molecule has 194 valence electrons. The van der Waals surface area contributed by atoms with E-state index in [1.807, 2.05) is 36.1 Å². The number of carbonyl (C=O) groups excluding carboxylic acids is 2. The Morgan fingerprint density at radius 3 is 2.53 bits per heavy atom. The summed E-state index contributed by atoms with van der Waals surface area (Å²) >= 11 is 0. The first kappa shape index (κ1) is 26.1. The van der Waals surface area contributed by atoms with Crippen LogP contribution in [0, 0.1) is 0 Å². The highest BCUT2D eigenvalue weighted by Gasteiger charge is 2.40. The molecule has 36 heavy (non-hydrogen) atoms. The zero-order valence-electron chi connectivity index (χ0n) is 21.2. The summed E-state index contributed by atoms with van der Waals surface area (Å²) in [4.78, 5) is 30.0. The third kappa shape index (κ3) is 5.72. The highest BCUT2D eigenvalue weighted by Crippen LogP contribution is 2.32. The monoisotopic (exact) mass is 495 g/mol. The van der Waals surface area contributed by atoms with Gasteiger partial charge in [0.15, 0.2) is 0 Å². The summed E-state index contributed by atoms with van der Waals surface area (Å²) in [5.41, 5.74) is 8.87. The maximum atomic E-state index is 13.3. The van der Waals surface area contributed by atoms with Crippen molar-refractivity contribution in [1.82, 2.24) is 9.80 Å². The van der Waals surface area contributed by atoms with Crippen LogP contribution in [0.2, 0.25) is 0 Å². The van der Waals surface area contributed by atoms with Gasteiger partial charge in [-0.25, -0.2) is 0 Å². The Morgan fingerprint density at radius 2 is 1.86 bits per heavy atom. The van der Waals surface area contributed by atoms with Crippen molar-refractivity contribution in [2.75, 3.05) is 33.4 Å². The van der Waals surface area contributed by atoms with Crippen LogP contribution in [0.3, 0.4) is 0 Å². The molecule has 0 spiro atoms. The van der Waals surface area contributed by atoms with Crippen molar-refractivity contribution in [3.05, 3.63) is 64.7 Å². The van der Waals surface area contributed by atoms with Gasteiger partial charge in [-0.05, 0) is 61.9 Å². The summed E-state index contributed by atoms with van der Waals surface area (Å²) in [5, 5.41) is 10.6.